The first-order valence-corrected chi connectivity index (χ1v) is 10.0. The Labute approximate surface area is 165 Å². The van der Waals surface area contributed by atoms with Gasteiger partial charge in [0.1, 0.15) is 6.04 Å². The number of carbonyl (C=O) groups excluding carboxylic acids is 1. The molecule has 27 heavy (non-hydrogen) atoms. The number of rotatable bonds is 3. The molecular weight excluding hydrogens is 358 g/mol. The minimum Gasteiger partial charge on any atom is -0.480 e. The molecule has 0 saturated carbocycles. The summed E-state index contributed by atoms with van der Waals surface area (Å²) in [6.07, 6.45) is 2.42. The number of benzene rings is 2. The minimum absolute atomic E-state index is 0.137. The molecule has 1 N–H and O–H groups in total. The van der Waals surface area contributed by atoms with E-state index in [-0.39, 0.29) is 5.91 Å². The smallest absolute Gasteiger partial charge is 0.326 e. The molecule has 4 nitrogen and oxygen atoms in total. The first kappa shape index (κ1) is 21.0. The molecule has 0 aromatic heterocycles. The maximum Gasteiger partial charge on any atom is 0.326 e. The summed E-state index contributed by atoms with van der Waals surface area (Å²) in [5.41, 5.74) is 2.68. The summed E-state index contributed by atoms with van der Waals surface area (Å²) in [6, 6.07) is 16.4. The van der Waals surface area contributed by atoms with Gasteiger partial charge in [-0.1, -0.05) is 48.2 Å². The topological polar surface area (TPSA) is 57.6 Å². The Morgan fingerprint density at radius 1 is 0.963 bits per heavy atom. The van der Waals surface area contributed by atoms with Crippen molar-refractivity contribution in [2.24, 2.45) is 0 Å². The number of amides is 1. The predicted octanol–water partition coefficient (Wildman–Crippen LogP) is 4.93. The van der Waals surface area contributed by atoms with E-state index in [1.165, 1.54) is 32.7 Å². The molecule has 3 rings (SSSR count). The molecule has 0 aliphatic carbocycles. The zero-order valence-corrected chi connectivity index (χ0v) is 17.0. The van der Waals surface area contributed by atoms with Crippen molar-refractivity contribution in [1.82, 2.24) is 4.90 Å². The Bertz CT molecular complexity index is 725. The highest BCUT2D eigenvalue weighted by Crippen LogP contribution is 2.31. The lowest BCUT2D eigenvalue weighted by molar-refractivity contribution is -0.151. The summed E-state index contributed by atoms with van der Waals surface area (Å²) in [5, 5.41) is 8.76. The van der Waals surface area contributed by atoms with Crippen molar-refractivity contribution in [2.75, 3.05) is 6.54 Å². The minimum atomic E-state index is -0.884. The van der Waals surface area contributed by atoms with Crippen LogP contribution < -0.4 is 0 Å². The number of piperidine rings is 1. The standard InChI is InChI=1S/C14H14S.C8H13NO3/c1-11-7-3-5-9-13(11)15-14-10-6-4-8-12(14)2;1-6(10)9-5-3-2-4-7(9)8(11)12/h3-10H,1-2H3;7H,2-5H2,1H3,(H,11,12). The van der Waals surface area contributed by atoms with Gasteiger partial charge >= 0.3 is 5.97 Å². The largest absolute Gasteiger partial charge is 0.480 e. The third-order valence-corrected chi connectivity index (χ3v) is 5.96. The highest BCUT2D eigenvalue weighted by atomic mass is 32.2. The molecule has 1 saturated heterocycles. The second kappa shape index (κ2) is 10.2. The van der Waals surface area contributed by atoms with Crippen molar-refractivity contribution in [3.63, 3.8) is 0 Å². The summed E-state index contributed by atoms with van der Waals surface area (Å²) in [6.45, 7) is 6.31. The molecular formula is C22H27NO3S. The first-order chi connectivity index (χ1) is 12.9. The van der Waals surface area contributed by atoms with Crippen LogP contribution in [0, 0.1) is 13.8 Å². The molecule has 1 aliphatic rings. The molecule has 5 heteroatoms. The molecule has 0 bridgehead atoms. The monoisotopic (exact) mass is 385 g/mol. The molecule has 0 radical (unpaired) electrons. The zero-order valence-electron chi connectivity index (χ0n) is 16.1. The fraction of sp³-hybridized carbons (Fsp3) is 0.364. The van der Waals surface area contributed by atoms with Crippen LogP contribution in [-0.4, -0.2) is 34.5 Å². The van der Waals surface area contributed by atoms with Crippen LogP contribution >= 0.6 is 11.8 Å². The van der Waals surface area contributed by atoms with Crippen LogP contribution in [0.1, 0.15) is 37.3 Å². The molecule has 144 valence electrons. The van der Waals surface area contributed by atoms with Crippen molar-refractivity contribution in [3.8, 4) is 0 Å². The van der Waals surface area contributed by atoms with Crippen LogP contribution in [0.25, 0.3) is 0 Å². The van der Waals surface area contributed by atoms with Crippen LogP contribution in [-0.2, 0) is 9.59 Å². The number of carboxylic acid groups (broad SMARTS) is 1. The van der Waals surface area contributed by atoms with Crippen molar-refractivity contribution in [2.45, 2.75) is 55.9 Å². The van der Waals surface area contributed by atoms with E-state index in [0.717, 1.165) is 12.8 Å². The number of aryl methyl sites for hydroxylation is 2. The lowest BCUT2D eigenvalue weighted by Crippen LogP contribution is -2.46. The van der Waals surface area contributed by atoms with Crippen molar-refractivity contribution < 1.29 is 14.7 Å². The molecule has 1 atom stereocenters. The number of aliphatic carboxylic acids is 1. The predicted molar refractivity (Wildman–Crippen MR) is 109 cm³/mol. The number of likely N-dealkylation sites (tertiary alicyclic amines) is 1. The average molecular weight is 386 g/mol. The molecule has 1 fully saturated rings. The van der Waals surface area contributed by atoms with Crippen LogP contribution in [0.3, 0.4) is 0 Å². The van der Waals surface area contributed by atoms with Crippen LogP contribution in [0.2, 0.25) is 0 Å². The van der Waals surface area contributed by atoms with E-state index in [2.05, 4.69) is 62.4 Å². The Hall–Kier alpha value is -2.27. The van der Waals surface area contributed by atoms with Crippen LogP contribution in [0.4, 0.5) is 0 Å². The lowest BCUT2D eigenvalue weighted by atomic mass is 10.0. The SMILES string of the molecule is CC(=O)N1CCCCC1C(=O)O.Cc1ccccc1Sc1ccccc1C. The second-order valence-corrected chi connectivity index (χ2v) is 7.78. The third-order valence-electron chi connectivity index (χ3n) is 4.60. The van der Waals surface area contributed by atoms with Gasteiger partial charge in [0, 0.05) is 23.3 Å². The fourth-order valence-electron chi connectivity index (χ4n) is 3.03. The van der Waals surface area contributed by atoms with Gasteiger partial charge in [0.15, 0.2) is 0 Å². The van der Waals surface area contributed by atoms with Gasteiger partial charge in [-0.15, -0.1) is 0 Å². The Balaban J connectivity index is 0.000000199. The van der Waals surface area contributed by atoms with E-state index >= 15 is 0 Å². The van der Waals surface area contributed by atoms with Gasteiger partial charge in [0.25, 0.3) is 0 Å². The zero-order chi connectivity index (χ0) is 19.8. The number of nitrogens with zero attached hydrogens (tertiary/aromatic N) is 1. The van der Waals surface area contributed by atoms with Crippen molar-refractivity contribution in [3.05, 3.63) is 59.7 Å². The summed E-state index contributed by atoms with van der Waals surface area (Å²) >= 11 is 1.84. The van der Waals surface area contributed by atoms with E-state index in [0.29, 0.717) is 13.0 Å². The third kappa shape index (κ3) is 6.14. The van der Waals surface area contributed by atoms with E-state index in [4.69, 9.17) is 5.11 Å². The highest BCUT2D eigenvalue weighted by Gasteiger charge is 2.29. The normalized spacial score (nSPS) is 16.3. The average Bonchev–Trinajstić information content (AvgIpc) is 2.66. The molecule has 1 amide bonds. The van der Waals surface area contributed by atoms with Crippen LogP contribution in [0.15, 0.2) is 58.3 Å². The molecule has 2 aromatic carbocycles. The Kier molecular flexibility index (Phi) is 7.92. The van der Waals surface area contributed by atoms with Gasteiger partial charge in [0.2, 0.25) is 5.91 Å². The van der Waals surface area contributed by atoms with E-state index < -0.39 is 12.0 Å². The number of hydrogen-bond acceptors (Lipinski definition) is 3. The summed E-state index contributed by atoms with van der Waals surface area (Å²) in [5.74, 6) is -1.02. The van der Waals surface area contributed by atoms with Crippen LogP contribution in [0.5, 0.6) is 0 Å². The summed E-state index contributed by atoms with van der Waals surface area (Å²) < 4.78 is 0. The maximum absolute atomic E-state index is 11.0. The Morgan fingerprint density at radius 2 is 1.48 bits per heavy atom. The maximum atomic E-state index is 11.0. The van der Waals surface area contributed by atoms with Gasteiger partial charge in [-0.2, -0.15) is 0 Å². The lowest BCUT2D eigenvalue weighted by Gasteiger charge is -2.31. The summed E-state index contributed by atoms with van der Waals surface area (Å²) in [7, 11) is 0. The molecule has 1 unspecified atom stereocenters. The van der Waals surface area contributed by atoms with Gasteiger partial charge in [-0.05, 0) is 56.4 Å². The second-order valence-electron chi connectivity index (χ2n) is 6.70. The molecule has 0 spiro atoms. The van der Waals surface area contributed by atoms with E-state index in [1.807, 2.05) is 11.8 Å². The van der Waals surface area contributed by atoms with Gasteiger partial charge < -0.3 is 10.0 Å². The van der Waals surface area contributed by atoms with E-state index in [9.17, 15) is 9.59 Å². The van der Waals surface area contributed by atoms with E-state index in [1.54, 1.807) is 0 Å². The van der Waals surface area contributed by atoms with Crippen molar-refractivity contribution in [1.29, 1.82) is 0 Å². The van der Waals surface area contributed by atoms with Gasteiger partial charge in [-0.25, -0.2) is 4.79 Å². The fourth-order valence-corrected chi connectivity index (χ4v) is 4.01. The number of carboxylic acids is 1. The number of hydrogen-bond donors (Lipinski definition) is 1. The number of carbonyl (C=O) groups is 2. The van der Waals surface area contributed by atoms with Gasteiger partial charge in [-0.3, -0.25) is 4.79 Å². The van der Waals surface area contributed by atoms with Crippen molar-refractivity contribution >= 4 is 23.6 Å². The summed E-state index contributed by atoms with van der Waals surface area (Å²) in [4.78, 5) is 25.8. The molecule has 1 heterocycles. The molecule has 1 aliphatic heterocycles. The highest BCUT2D eigenvalue weighted by molar-refractivity contribution is 7.99. The quantitative estimate of drug-likeness (QED) is 0.814. The molecule has 2 aromatic rings. The Morgan fingerprint density at radius 3 is 1.89 bits per heavy atom. The van der Waals surface area contributed by atoms with Gasteiger partial charge in [0.05, 0.1) is 0 Å². The first-order valence-electron chi connectivity index (χ1n) is 9.19.